The number of hydrazine groups is 1. The number of halogens is 1. The first-order valence-electron chi connectivity index (χ1n) is 6.95. The van der Waals surface area contributed by atoms with E-state index < -0.39 is 5.82 Å². The smallest absolute Gasteiger partial charge is 0.257 e. The third-order valence-corrected chi connectivity index (χ3v) is 3.15. The first-order chi connectivity index (χ1) is 11.0. The monoisotopic (exact) mass is 332 g/mol. The highest BCUT2D eigenvalue weighted by Crippen LogP contribution is 2.11. The normalized spacial score (nSPS) is 9.83. The third-order valence-electron chi connectivity index (χ3n) is 2.94. The quantitative estimate of drug-likeness (QED) is 0.512. The van der Waals surface area contributed by atoms with Crippen molar-refractivity contribution in [3.8, 4) is 0 Å². The van der Waals surface area contributed by atoms with Crippen LogP contribution >= 0.6 is 12.2 Å². The summed E-state index contributed by atoms with van der Waals surface area (Å²) in [5.74, 6) is -0.729. The number of benzene rings is 2. The summed E-state index contributed by atoms with van der Waals surface area (Å²) < 4.78 is 13.4. The minimum absolute atomic E-state index is 0.0817. The number of nitrogens with one attached hydrogen (secondary N) is 4. The summed E-state index contributed by atoms with van der Waals surface area (Å²) in [6.07, 6.45) is 0. The average molecular weight is 332 g/mol. The van der Waals surface area contributed by atoms with Gasteiger partial charge in [-0.05, 0) is 43.4 Å². The molecule has 0 aliphatic rings. The SMILES string of the molecule is Cc1ccc(NCC(=O)NNC(=S)Nc2ccccc2F)cc1. The fourth-order valence-electron chi connectivity index (χ4n) is 1.74. The Balaban J connectivity index is 1.72. The molecule has 2 aromatic rings. The predicted octanol–water partition coefficient (Wildman–Crippen LogP) is 2.56. The zero-order valence-corrected chi connectivity index (χ0v) is 13.3. The van der Waals surface area contributed by atoms with Crippen LogP contribution in [0, 0.1) is 12.7 Å². The van der Waals surface area contributed by atoms with Crippen LogP contribution in [0.4, 0.5) is 15.8 Å². The molecule has 0 heterocycles. The van der Waals surface area contributed by atoms with Crippen LogP contribution < -0.4 is 21.5 Å². The Bertz CT molecular complexity index is 691. The second-order valence-corrected chi connectivity index (χ2v) is 5.23. The molecule has 23 heavy (non-hydrogen) atoms. The number of carbonyl (C=O) groups excluding carboxylic acids is 1. The molecule has 0 radical (unpaired) electrons. The molecule has 0 saturated heterocycles. The fourth-order valence-corrected chi connectivity index (χ4v) is 1.90. The van der Waals surface area contributed by atoms with Crippen molar-refractivity contribution in [3.05, 3.63) is 59.9 Å². The van der Waals surface area contributed by atoms with E-state index in [0.717, 1.165) is 11.3 Å². The summed E-state index contributed by atoms with van der Waals surface area (Å²) in [5, 5.41) is 5.73. The first-order valence-corrected chi connectivity index (χ1v) is 7.36. The predicted molar refractivity (Wildman–Crippen MR) is 93.6 cm³/mol. The van der Waals surface area contributed by atoms with Gasteiger partial charge in [0.15, 0.2) is 5.11 Å². The van der Waals surface area contributed by atoms with Crippen molar-refractivity contribution in [3.63, 3.8) is 0 Å². The van der Waals surface area contributed by atoms with E-state index in [1.807, 2.05) is 31.2 Å². The van der Waals surface area contributed by atoms with Gasteiger partial charge < -0.3 is 10.6 Å². The molecule has 0 spiro atoms. The second kappa shape index (κ2) is 8.09. The van der Waals surface area contributed by atoms with Gasteiger partial charge in [-0.15, -0.1) is 0 Å². The third kappa shape index (κ3) is 5.55. The lowest BCUT2D eigenvalue weighted by Gasteiger charge is -2.12. The van der Waals surface area contributed by atoms with Crippen molar-refractivity contribution < 1.29 is 9.18 Å². The molecule has 0 atom stereocenters. The highest BCUT2D eigenvalue weighted by Gasteiger charge is 2.05. The number of rotatable bonds is 4. The van der Waals surface area contributed by atoms with Crippen molar-refractivity contribution in [2.75, 3.05) is 17.2 Å². The van der Waals surface area contributed by atoms with E-state index in [1.54, 1.807) is 18.2 Å². The van der Waals surface area contributed by atoms with Crippen molar-refractivity contribution >= 4 is 34.6 Å². The van der Waals surface area contributed by atoms with Crippen molar-refractivity contribution in [1.82, 2.24) is 10.9 Å². The summed E-state index contributed by atoms with van der Waals surface area (Å²) >= 11 is 4.98. The molecule has 0 saturated carbocycles. The number of hydrogen-bond donors (Lipinski definition) is 4. The van der Waals surface area contributed by atoms with Gasteiger partial charge in [0.25, 0.3) is 5.91 Å². The molecule has 0 aliphatic carbocycles. The minimum atomic E-state index is -0.427. The van der Waals surface area contributed by atoms with Crippen molar-refractivity contribution in [1.29, 1.82) is 0 Å². The number of aryl methyl sites for hydroxylation is 1. The molecule has 0 unspecified atom stereocenters. The maximum atomic E-state index is 13.4. The zero-order valence-electron chi connectivity index (χ0n) is 12.5. The Labute approximate surface area is 139 Å². The molecule has 5 nitrogen and oxygen atoms in total. The van der Waals surface area contributed by atoms with E-state index in [0.29, 0.717) is 0 Å². The first kappa shape index (κ1) is 16.7. The van der Waals surface area contributed by atoms with Gasteiger partial charge in [0.2, 0.25) is 0 Å². The minimum Gasteiger partial charge on any atom is -0.376 e. The van der Waals surface area contributed by atoms with E-state index in [4.69, 9.17) is 12.2 Å². The van der Waals surface area contributed by atoms with Gasteiger partial charge in [-0.3, -0.25) is 15.6 Å². The van der Waals surface area contributed by atoms with Crippen LogP contribution in [-0.2, 0) is 4.79 Å². The van der Waals surface area contributed by atoms with E-state index in [1.165, 1.54) is 6.07 Å². The molecule has 0 aromatic heterocycles. The van der Waals surface area contributed by atoms with E-state index >= 15 is 0 Å². The highest BCUT2D eigenvalue weighted by molar-refractivity contribution is 7.80. The van der Waals surface area contributed by atoms with Gasteiger partial charge in [-0.2, -0.15) is 0 Å². The molecule has 7 heteroatoms. The number of para-hydroxylation sites is 1. The van der Waals surface area contributed by atoms with E-state index in [9.17, 15) is 9.18 Å². The fraction of sp³-hybridized carbons (Fsp3) is 0.125. The lowest BCUT2D eigenvalue weighted by Crippen LogP contribution is -2.46. The second-order valence-electron chi connectivity index (χ2n) is 4.83. The average Bonchev–Trinajstić information content (AvgIpc) is 2.54. The van der Waals surface area contributed by atoms with Crippen LogP contribution in [0.2, 0.25) is 0 Å². The van der Waals surface area contributed by atoms with E-state index in [-0.39, 0.29) is 23.3 Å². The van der Waals surface area contributed by atoms with Crippen LogP contribution in [-0.4, -0.2) is 17.6 Å². The molecule has 0 bridgehead atoms. The Kier molecular flexibility index (Phi) is 5.87. The summed E-state index contributed by atoms with van der Waals surface area (Å²) in [4.78, 5) is 11.7. The number of carbonyl (C=O) groups is 1. The Hall–Kier alpha value is -2.67. The van der Waals surface area contributed by atoms with Crippen LogP contribution in [0.25, 0.3) is 0 Å². The lowest BCUT2D eigenvalue weighted by molar-refractivity contribution is -0.119. The number of amides is 1. The molecular formula is C16H17FN4OS. The standard InChI is InChI=1S/C16H17FN4OS/c1-11-6-8-12(9-7-11)18-10-15(22)20-21-16(23)19-14-5-3-2-4-13(14)17/h2-9,18H,10H2,1H3,(H,20,22)(H2,19,21,23). The summed E-state index contributed by atoms with van der Waals surface area (Å²) in [6, 6.07) is 13.8. The lowest BCUT2D eigenvalue weighted by atomic mass is 10.2. The van der Waals surface area contributed by atoms with Gasteiger partial charge in [0, 0.05) is 5.69 Å². The van der Waals surface area contributed by atoms with Crippen molar-refractivity contribution in [2.24, 2.45) is 0 Å². The van der Waals surface area contributed by atoms with Crippen LogP contribution in [0.15, 0.2) is 48.5 Å². The number of hydrogen-bond acceptors (Lipinski definition) is 3. The van der Waals surface area contributed by atoms with Gasteiger partial charge in [-0.25, -0.2) is 4.39 Å². The Morgan fingerprint density at radius 2 is 1.78 bits per heavy atom. The van der Waals surface area contributed by atoms with Gasteiger partial charge in [0.1, 0.15) is 5.82 Å². The topological polar surface area (TPSA) is 65.2 Å². The largest absolute Gasteiger partial charge is 0.376 e. The van der Waals surface area contributed by atoms with Crippen LogP contribution in [0.5, 0.6) is 0 Å². The Morgan fingerprint density at radius 3 is 2.48 bits per heavy atom. The van der Waals surface area contributed by atoms with Gasteiger partial charge in [0.05, 0.1) is 12.2 Å². The van der Waals surface area contributed by atoms with Crippen molar-refractivity contribution in [2.45, 2.75) is 6.92 Å². The highest BCUT2D eigenvalue weighted by atomic mass is 32.1. The molecule has 120 valence electrons. The summed E-state index contributed by atoms with van der Waals surface area (Å²) in [6.45, 7) is 2.07. The molecule has 2 rings (SSSR count). The molecule has 4 N–H and O–H groups in total. The maximum Gasteiger partial charge on any atom is 0.257 e. The number of thiocarbonyl (C=S) groups is 1. The molecular weight excluding hydrogens is 315 g/mol. The van der Waals surface area contributed by atoms with Crippen LogP contribution in [0.1, 0.15) is 5.56 Å². The zero-order chi connectivity index (χ0) is 16.7. The van der Waals surface area contributed by atoms with E-state index in [2.05, 4.69) is 21.5 Å². The summed E-state index contributed by atoms with van der Waals surface area (Å²) in [5.41, 5.74) is 7.17. The maximum absolute atomic E-state index is 13.4. The molecule has 2 aromatic carbocycles. The van der Waals surface area contributed by atoms with Gasteiger partial charge >= 0.3 is 0 Å². The summed E-state index contributed by atoms with van der Waals surface area (Å²) in [7, 11) is 0. The Morgan fingerprint density at radius 1 is 1.09 bits per heavy atom. The van der Waals surface area contributed by atoms with Gasteiger partial charge in [-0.1, -0.05) is 29.8 Å². The molecule has 0 aliphatic heterocycles. The number of anilines is 2. The van der Waals surface area contributed by atoms with Crippen LogP contribution in [0.3, 0.4) is 0 Å². The molecule has 0 fully saturated rings. The molecule has 1 amide bonds.